The van der Waals surface area contributed by atoms with Crippen LogP contribution >= 0.6 is 0 Å². The van der Waals surface area contributed by atoms with Crippen molar-refractivity contribution in [3.05, 3.63) is 143 Å². The summed E-state index contributed by atoms with van der Waals surface area (Å²) in [6.45, 7) is 3.09. The Hall–Kier alpha value is -5.02. The van der Waals surface area contributed by atoms with Crippen LogP contribution in [0.25, 0.3) is 0 Å². The number of nitrogens with zero attached hydrogens (tertiary/aromatic N) is 4. The lowest BCUT2D eigenvalue weighted by atomic mass is 9.88. The van der Waals surface area contributed by atoms with Crippen LogP contribution in [0.2, 0.25) is 0 Å². The summed E-state index contributed by atoms with van der Waals surface area (Å²) in [4.78, 5) is 45.4. The molecule has 46 heavy (non-hydrogen) atoms. The first-order valence-electron chi connectivity index (χ1n) is 15.8. The molecule has 1 N–H and O–H groups in total. The van der Waals surface area contributed by atoms with E-state index >= 15 is 0 Å². The molecule has 2 heterocycles. The van der Waals surface area contributed by atoms with E-state index in [0.29, 0.717) is 25.1 Å². The van der Waals surface area contributed by atoms with Crippen molar-refractivity contribution in [3.63, 3.8) is 0 Å². The highest BCUT2D eigenvalue weighted by atomic mass is 19.1. The van der Waals surface area contributed by atoms with Crippen molar-refractivity contribution in [1.82, 2.24) is 25.1 Å². The molecule has 4 amide bonds. The lowest BCUT2D eigenvalue weighted by molar-refractivity contribution is -0.190. The number of benzene rings is 4. The molecular formula is C37H38FN5O3. The van der Waals surface area contributed by atoms with E-state index in [-0.39, 0.29) is 49.2 Å². The first-order valence-corrected chi connectivity index (χ1v) is 15.8. The van der Waals surface area contributed by atoms with Crippen LogP contribution in [0.4, 0.5) is 9.18 Å². The van der Waals surface area contributed by atoms with E-state index in [0.717, 1.165) is 16.7 Å². The van der Waals surface area contributed by atoms with Crippen LogP contribution in [0.3, 0.4) is 0 Å². The molecule has 0 bridgehead atoms. The molecule has 0 aliphatic carbocycles. The van der Waals surface area contributed by atoms with Crippen molar-refractivity contribution in [2.24, 2.45) is 0 Å². The number of carbonyl (C=O) groups excluding carboxylic acids is 3. The molecule has 2 atom stereocenters. The van der Waals surface area contributed by atoms with Gasteiger partial charge in [0.05, 0.1) is 13.1 Å². The van der Waals surface area contributed by atoms with Gasteiger partial charge in [-0.15, -0.1) is 0 Å². The fraction of sp³-hybridized carbons (Fsp3) is 0.270. The number of hydrogen-bond donors (Lipinski definition) is 1. The zero-order chi connectivity index (χ0) is 32.0. The predicted octanol–water partition coefficient (Wildman–Crippen LogP) is 5.55. The fourth-order valence-electron chi connectivity index (χ4n) is 6.56. The van der Waals surface area contributed by atoms with Gasteiger partial charge in [-0.25, -0.2) is 19.2 Å². The number of amides is 4. The molecule has 236 valence electrons. The van der Waals surface area contributed by atoms with Gasteiger partial charge in [0.25, 0.3) is 0 Å². The Labute approximate surface area is 269 Å². The molecular weight excluding hydrogens is 581 g/mol. The Balaban J connectivity index is 1.32. The second-order valence-corrected chi connectivity index (χ2v) is 11.7. The smallest absolute Gasteiger partial charge is 0.334 e. The quantitative estimate of drug-likeness (QED) is 0.267. The number of hydrazine groups is 1. The Morgan fingerprint density at radius 2 is 1.43 bits per heavy atom. The number of halogens is 1. The van der Waals surface area contributed by atoms with Crippen LogP contribution in [-0.4, -0.2) is 70.0 Å². The highest BCUT2D eigenvalue weighted by Crippen LogP contribution is 2.36. The number of urea groups is 1. The Bertz CT molecular complexity index is 1600. The van der Waals surface area contributed by atoms with Gasteiger partial charge in [0.15, 0.2) is 0 Å². The summed E-state index contributed by atoms with van der Waals surface area (Å²) in [5, 5.41) is 6.28. The van der Waals surface area contributed by atoms with Crippen LogP contribution in [0.1, 0.15) is 47.6 Å². The van der Waals surface area contributed by atoms with E-state index in [9.17, 15) is 18.8 Å². The standard InChI is InChI=1S/C37H38FN5O3/c1-2-41-26-34(44)42-33(43(41)37(46)39-24-27-18-20-31(38)21-19-27)25-40(36(45)35(42)30-16-10-5-11-17-30)23-22-32(28-12-6-3-7-13-28)29-14-8-4-9-15-29/h3-21,32-33,35H,2,22-26H2,1H3,(H,39,46)/t33-,35-/m0/s1. The number of nitrogens with one attached hydrogen (secondary N) is 1. The second-order valence-electron chi connectivity index (χ2n) is 11.7. The Kier molecular flexibility index (Phi) is 9.40. The van der Waals surface area contributed by atoms with E-state index in [1.807, 2.05) is 78.6 Å². The molecule has 9 heteroatoms. The molecule has 2 aliphatic rings. The molecule has 2 fully saturated rings. The van der Waals surface area contributed by atoms with Crippen LogP contribution in [0, 0.1) is 5.82 Å². The van der Waals surface area contributed by atoms with Crippen molar-refractivity contribution in [2.45, 2.75) is 38.0 Å². The lowest BCUT2D eigenvalue weighted by Gasteiger charge is -2.55. The molecule has 8 nitrogen and oxygen atoms in total. The Morgan fingerprint density at radius 1 is 0.848 bits per heavy atom. The topological polar surface area (TPSA) is 76.2 Å². The molecule has 0 aromatic heterocycles. The molecule has 2 saturated heterocycles. The predicted molar refractivity (Wildman–Crippen MR) is 173 cm³/mol. The minimum absolute atomic E-state index is 0.0301. The molecule has 4 aromatic carbocycles. The van der Waals surface area contributed by atoms with Gasteiger partial charge in [0, 0.05) is 25.6 Å². The van der Waals surface area contributed by atoms with Gasteiger partial charge in [0.1, 0.15) is 18.0 Å². The average Bonchev–Trinajstić information content (AvgIpc) is 3.09. The normalized spacial score (nSPS) is 18.5. The second kappa shape index (κ2) is 14.0. The minimum atomic E-state index is -0.870. The van der Waals surface area contributed by atoms with Crippen LogP contribution < -0.4 is 5.32 Å². The number of rotatable bonds is 9. The number of fused-ring (bicyclic) bond motifs is 1. The number of likely N-dealkylation sites (N-methyl/N-ethyl adjacent to an activating group) is 1. The summed E-state index contributed by atoms with van der Waals surface area (Å²) in [6, 6.07) is 34.5. The van der Waals surface area contributed by atoms with E-state index in [1.54, 1.807) is 27.1 Å². The van der Waals surface area contributed by atoms with Crippen LogP contribution in [-0.2, 0) is 16.1 Å². The summed E-state index contributed by atoms with van der Waals surface area (Å²) in [5.74, 6) is -0.660. The van der Waals surface area contributed by atoms with E-state index in [1.165, 1.54) is 12.1 Å². The summed E-state index contributed by atoms with van der Waals surface area (Å²) in [5.41, 5.74) is 3.77. The zero-order valence-electron chi connectivity index (χ0n) is 25.8. The number of hydrogen-bond acceptors (Lipinski definition) is 4. The van der Waals surface area contributed by atoms with Gasteiger partial charge in [-0.05, 0) is 40.8 Å². The third kappa shape index (κ3) is 6.50. The molecule has 0 spiro atoms. The van der Waals surface area contributed by atoms with E-state index < -0.39 is 12.2 Å². The zero-order valence-corrected chi connectivity index (χ0v) is 25.8. The maximum absolute atomic E-state index is 14.3. The first-order chi connectivity index (χ1) is 22.4. The van der Waals surface area contributed by atoms with Gasteiger partial charge in [0.2, 0.25) is 11.8 Å². The Morgan fingerprint density at radius 3 is 2.02 bits per heavy atom. The van der Waals surface area contributed by atoms with Crippen LogP contribution in [0.5, 0.6) is 0 Å². The van der Waals surface area contributed by atoms with Gasteiger partial charge < -0.3 is 15.1 Å². The van der Waals surface area contributed by atoms with Gasteiger partial charge in [-0.2, -0.15) is 0 Å². The summed E-state index contributed by atoms with van der Waals surface area (Å²) < 4.78 is 13.5. The summed E-state index contributed by atoms with van der Waals surface area (Å²) in [7, 11) is 0. The summed E-state index contributed by atoms with van der Waals surface area (Å²) >= 11 is 0. The molecule has 0 unspecified atom stereocenters. The largest absolute Gasteiger partial charge is 0.337 e. The maximum Gasteiger partial charge on any atom is 0.334 e. The highest BCUT2D eigenvalue weighted by Gasteiger charge is 2.51. The lowest BCUT2D eigenvalue weighted by Crippen LogP contribution is -2.74. The van der Waals surface area contributed by atoms with Crippen molar-refractivity contribution in [3.8, 4) is 0 Å². The van der Waals surface area contributed by atoms with E-state index in [2.05, 4.69) is 29.6 Å². The number of carbonyl (C=O) groups is 3. The molecule has 6 rings (SSSR count). The SMILES string of the molecule is CCN1CC(=O)N2[C@@H](c3ccccc3)C(=O)N(CCC(c3ccccc3)c3ccccc3)C[C@@H]2N1C(=O)NCc1ccc(F)cc1. The van der Waals surface area contributed by atoms with Crippen molar-refractivity contribution >= 4 is 17.8 Å². The van der Waals surface area contributed by atoms with Crippen molar-refractivity contribution < 1.29 is 18.8 Å². The molecule has 0 saturated carbocycles. The van der Waals surface area contributed by atoms with E-state index in [4.69, 9.17) is 0 Å². The van der Waals surface area contributed by atoms with Gasteiger partial charge in [-0.3, -0.25) is 9.59 Å². The minimum Gasteiger partial charge on any atom is -0.337 e. The third-order valence-corrected chi connectivity index (χ3v) is 8.86. The summed E-state index contributed by atoms with van der Waals surface area (Å²) in [6.07, 6.45) is -0.0554. The van der Waals surface area contributed by atoms with Gasteiger partial charge >= 0.3 is 6.03 Å². The maximum atomic E-state index is 14.3. The molecule has 0 radical (unpaired) electrons. The van der Waals surface area contributed by atoms with Crippen LogP contribution in [0.15, 0.2) is 115 Å². The fourth-order valence-corrected chi connectivity index (χ4v) is 6.56. The van der Waals surface area contributed by atoms with Gasteiger partial charge in [-0.1, -0.05) is 110 Å². The van der Waals surface area contributed by atoms with Crippen molar-refractivity contribution in [2.75, 3.05) is 26.2 Å². The third-order valence-electron chi connectivity index (χ3n) is 8.86. The monoisotopic (exact) mass is 619 g/mol. The molecule has 4 aromatic rings. The average molecular weight is 620 g/mol. The molecule has 2 aliphatic heterocycles. The highest BCUT2D eigenvalue weighted by molar-refractivity contribution is 5.92. The number of piperazine rings is 1. The van der Waals surface area contributed by atoms with Crippen molar-refractivity contribution in [1.29, 1.82) is 0 Å². The first kappa shape index (κ1) is 31.0.